The van der Waals surface area contributed by atoms with Gasteiger partial charge in [0.25, 0.3) is 0 Å². The fraction of sp³-hybridized carbons (Fsp3) is 0.526. The monoisotopic (exact) mass is 327 g/mol. The number of aromatic nitrogens is 2. The van der Waals surface area contributed by atoms with Gasteiger partial charge in [-0.1, -0.05) is 42.4 Å². The zero-order valence-electron chi connectivity index (χ0n) is 14.3. The second-order valence-electron chi connectivity index (χ2n) is 6.40. The van der Waals surface area contributed by atoms with Crippen LogP contribution >= 0.6 is 0 Å². The summed E-state index contributed by atoms with van der Waals surface area (Å²) in [6.45, 7) is 3.60. The number of hydrogen-bond acceptors (Lipinski definition) is 4. The lowest BCUT2D eigenvalue weighted by molar-refractivity contribution is -0.132. The molecule has 0 atom stereocenters. The minimum Gasteiger partial charge on any atom is -0.343 e. The van der Waals surface area contributed by atoms with Gasteiger partial charge in [0.2, 0.25) is 11.8 Å². The van der Waals surface area contributed by atoms with Gasteiger partial charge in [-0.15, -0.1) is 0 Å². The summed E-state index contributed by atoms with van der Waals surface area (Å²) in [7, 11) is 0. The van der Waals surface area contributed by atoms with Crippen molar-refractivity contribution in [2.45, 2.75) is 51.4 Å². The van der Waals surface area contributed by atoms with Crippen LogP contribution < -0.4 is 0 Å². The van der Waals surface area contributed by atoms with Gasteiger partial charge in [-0.05, 0) is 31.2 Å². The Hall–Kier alpha value is -2.17. The lowest BCUT2D eigenvalue weighted by Crippen LogP contribution is -2.37. The average Bonchev–Trinajstić information content (AvgIpc) is 3.12. The van der Waals surface area contributed by atoms with Crippen LogP contribution in [0.2, 0.25) is 0 Å². The van der Waals surface area contributed by atoms with Crippen molar-refractivity contribution in [2.75, 3.05) is 13.1 Å². The van der Waals surface area contributed by atoms with E-state index in [-0.39, 0.29) is 5.91 Å². The molecule has 5 nitrogen and oxygen atoms in total. The summed E-state index contributed by atoms with van der Waals surface area (Å²) >= 11 is 0. The van der Waals surface area contributed by atoms with Crippen LogP contribution in [0.5, 0.6) is 0 Å². The third-order valence-electron chi connectivity index (χ3n) is 4.70. The summed E-state index contributed by atoms with van der Waals surface area (Å²) in [5, 5.41) is 3.97. The SMILES string of the molecule is CCc1noc(C2CCN(C(=O)CCCc3ccccc3)CC2)n1. The largest absolute Gasteiger partial charge is 0.343 e. The van der Waals surface area contributed by atoms with Gasteiger partial charge in [-0.25, -0.2) is 0 Å². The summed E-state index contributed by atoms with van der Waals surface area (Å²) in [6, 6.07) is 10.3. The molecule has 0 radical (unpaired) electrons. The van der Waals surface area contributed by atoms with Crippen LogP contribution in [0.3, 0.4) is 0 Å². The molecule has 1 aromatic carbocycles. The number of carbonyl (C=O) groups is 1. The molecule has 1 aliphatic heterocycles. The number of hydrogen-bond donors (Lipinski definition) is 0. The maximum absolute atomic E-state index is 12.4. The lowest BCUT2D eigenvalue weighted by Gasteiger charge is -2.30. The van der Waals surface area contributed by atoms with Gasteiger partial charge in [-0.3, -0.25) is 4.79 Å². The van der Waals surface area contributed by atoms with E-state index in [1.165, 1.54) is 5.56 Å². The first-order chi connectivity index (χ1) is 11.8. The highest BCUT2D eigenvalue weighted by Gasteiger charge is 2.27. The van der Waals surface area contributed by atoms with E-state index in [4.69, 9.17) is 4.52 Å². The Kier molecular flexibility index (Phi) is 5.62. The number of amides is 1. The van der Waals surface area contributed by atoms with Crippen molar-refractivity contribution in [1.82, 2.24) is 15.0 Å². The molecule has 1 fully saturated rings. The van der Waals surface area contributed by atoms with Crippen LogP contribution in [0.25, 0.3) is 0 Å². The first-order valence-electron chi connectivity index (χ1n) is 8.90. The fourth-order valence-corrected chi connectivity index (χ4v) is 3.20. The molecule has 0 unspecified atom stereocenters. The number of aryl methyl sites for hydroxylation is 2. The van der Waals surface area contributed by atoms with E-state index >= 15 is 0 Å². The predicted molar refractivity (Wildman–Crippen MR) is 91.6 cm³/mol. The Morgan fingerprint density at radius 1 is 1.25 bits per heavy atom. The number of carbonyl (C=O) groups excluding carboxylic acids is 1. The minimum atomic E-state index is 0.268. The Balaban J connectivity index is 1.41. The maximum atomic E-state index is 12.4. The molecule has 5 heteroatoms. The van der Waals surface area contributed by atoms with Crippen molar-refractivity contribution in [3.63, 3.8) is 0 Å². The van der Waals surface area contributed by atoms with Crippen LogP contribution in [0.15, 0.2) is 34.9 Å². The molecule has 0 spiro atoms. The second-order valence-corrected chi connectivity index (χ2v) is 6.40. The highest BCUT2D eigenvalue weighted by Crippen LogP contribution is 2.27. The molecule has 0 aliphatic carbocycles. The molecule has 1 aromatic heterocycles. The quantitative estimate of drug-likeness (QED) is 0.816. The molecule has 2 aromatic rings. The first kappa shape index (κ1) is 16.7. The van der Waals surface area contributed by atoms with Crippen LogP contribution in [0.1, 0.15) is 55.8 Å². The van der Waals surface area contributed by atoms with Crippen molar-refractivity contribution in [3.05, 3.63) is 47.6 Å². The summed E-state index contributed by atoms with van der Waals surface area (Å²) in [6.07, 6.45) is 5.12. The van der Waals surface area contributed by atoms with E-state index < -0.39 is 0 Å². The van der Waals surface area contributed by atoms with Crippen LogP contribution in [-0.4, -0.2) is 34.0 Å². The Labute approximate surface area is 143 Å². The van der Waals surface area contributed by atoms with E-state index in [1.807, 2.05) is 30.0 Å². The van der Waals surface area contributed by atoms with Crippen molar-refractivity contribution in [1.29, 1.82) is 0 Å². The summed E-state index contributed by atoms with van der Waals surface area (Å²) in [4.78, 5) is 18.8. The average molecular weight is 327 g/mol. The molecule has 24 heavy (non-hydrogen) atoms. The summed E-state index contributed by atoms with van der Waals surface area (Å²) in [5.74, 6) is 2.07. The van der Waals surface area contributed by atoms with Crippen molar-refractivity contribution in [2.24, 2.45) is 0 Å². The normalized spacial score (nSPS) is 15.6. The lowest BCUT2D eigenvalue weighted by atomic mass is 9.96. The van der Waals surface area contributed by atoms with E-state index in [9.17, 15) is 4.79 Å². The van der Waals surface area contributed by atoms with Crippen LogP contribution in [-0.2, 0) is 17.6 Å². The standard InChI is InChI=1S/C19H25N3O2/c1-2-17-20-19(24-21-17)16-11-13-22(14-12-16)18(23)10-6-9-15-7-4-3-5-8-15/h3-5,7-8,16H,2,6,9-14H2,1H3. The second kappa shape index (κ2) is 8.08. The number of nitrogens with zero attached hydrogens (tertiary/aromatic N) is 3. The molecule has 3 rings (SSSR count). The predicted octanol–water partition coefficient (Wildman–Crippen LogP) is 3.36. The van der Waals surface area contributed by atoms with Crippen molar-refractivity contribution >= 4 is 5.91 Å². The zero-order valence-corrected chi connectivity index (χ0v) is 14.3. The molecular weight excluding hydrogens is 302 g/mol. The Morgan fingerprint density at radius 3 is 2.67 bits per heavy atom. The van der Waals surface area contributed by atoms with Gasteiger partial charge in [-0.2, -0.15) is 4.98 Å². The minimum absolute atomic E-state index is 0.268. The van der Waals surface area contributed by atoms with Gasteiger partial charge in [0.05, 0.1) is 0 Å². The third-order valence-corrected chi connectivity index (χ3v) is 4.70. The molecule has 1 saturated heterocycles. The molecular formula is C19H25N3O2. The number of piperidine rings is 1. The third kappa shape index (κ3) is 4.22. The van der Waals surface area contributed by atoms with E-state index in [2.05, 4.69) is 22.3 Å². The van der Waals surface area contributed by atoms with E-state index in [0.717, 1.165) is 56.9 Å². The Morgan fingerprint density at radius 2 is 2.00 bits per heavy atom. The van der Waals surface area contributed by atoms with Crippen LogP contribution in [0.4, 0.5) is 0 Å². The van der Waals surface area contributed by atoms with Crippen LogP contribution in [0, 0.1) is 0 Å². The highest BCUT2D eigenvalue weighted by molar-refractivity contribution is 5.76. The van der Waals surface area contributed by atoms with Gasteiger partial charge >= 0.3 is 0 Å². The van der Waals surface area contributed by atoms with E-state index in [1.54, 1.807) is 0 Å². The topological polar surface area (TPSA) is 59.2 Å². The molecule has 1 aliphatic rings. The summed E-state index contributed by atoms with van der Waals surface area (Å²) < 4.78 is 5.34. The highest BCUT2D eigenvalue weighted by atomic mass is 16.5. The number of likely N-dealkylation sites (tertiary alicyclic amines) is 1. The molecule has 0 bridgehead atoms. The number of rotatable bonds is 6. The van der Waals surface area contributed by atoms with Gasteiger partial charge in [0.15, 0.2) is 5.82 Å². The van der Waals surface area contributed by atoms with Gasteiger partial charge < -0.3 is 9.42 Å². The van der Waals surface area contributed by atoms with E-state index in [0.29, 0.717) is 12.3 Å². The molecule has 0 N–H and O–H groups in total. The smallest absolute Gasteiger partial charge is 0.229 e. The van der Waals surface area contributed by atoms with Gasteiger partial charge in [0, 0.05) is 31.8 Å². The number of benzene rings is 1. The molecule has 2 heterocycles. The molecule has 1 amide bonds. The molecule has 128 valence electrons. The first-order valence-corrected chi connectivity index (χ1v) is 8.90. The maximum Gasteiger partial charge on any atom is 0.229 e. The summed E-state index contributed by atoms with van der Waals surface area (Å²) in [5.41, 5.74) is 1.30. The molecule has 0 saturated carbocycles. The van der Waals surface area contributed by atoms with Gasteiger partial charge in [0.1, 0.15) is 0 Å². The fourth-order valence-electron chi connectivity index (χ4n) is 3.20. The van der Waals surface area contributed by atoms with Crippen molar-refractivity contribution < 1.29 is 9.32 Å². The van der Waals surface area contributed by atoms with Crippen molar-refractivity contribution in [3.8, 4) is 0 Å². The Bertz CT molecular complexity index is 646. The zero-order chi connectivity index (χ0) is 16.8.